The number of thiazole rings is 1. The Hall–Kier alpha value is -1.39. The Morgan fingerprint density at radius 2 is 1.84 bits per heavy atom. The number of anilines is 1. The van der Waals surface area contributed by atoms with Crippen LogP contribution in [-0.4, -0.2) is 30.3 Å². The first-order valence-electron chi connectivity index (χ1n) is 6.64. The minimum absolute atomic E-state index is 0.271. The molecule has 0 bridgehead atoms. The van der Waals surface area contributed by atoms with Gasteiger partial charge in [0.15, 0.2) is 5.13 Å². The number of nitrogens with zero attached hydrogens (tertiary/aromatic N) is 2. The molecule has 19 heavy (non-hydrogen) atoms. The van der Waals surface area contributed by atoms with Crippen molar-refractivity contribution in [2.24, 2.45) is 0 Å². The molecular formula is C15H18N2OS. The normalized spacial score (nSPS) is 23.6. The SMILES string of the molecule is C[C@H]1CN(c2nc(-c3ccccc3)cs2)C[C@H](C)O1. The van der Waals surface area contributed by atoms with Gasteiger partial charge in [-0.15, -0.1) is 11.3 Å². The zero-order chi connectivity index (χ0) is 13.2. The second kappa shape index (κ2) is 5.31. The first-order valence-corrected chi connectivity index (χ1v) is 7.51. The summed E-state index contributed by atoms with van der Waals surface area (Å²) in [5.41, 5.74) is 2.24. The van der Waals surface area contributed by atoms with Crippen molar-refractivity contribution in [3.63, 3.8) is 0 Å². The Morgan fingerprint density at radius 1 is 1.16 bits per heavy atom. The highest BCUT2D eigenvalue weighted by atomic mass is 32.1. The molecule has 4 heteroatoms. The predicted octanol–water partition coefficient (Wildman–Crippen LogP) is 3.42. The molecule has 0 saturated carbocycles. The number of morpholine rings is 1. The molecule has 0 N–H and O–H groups in total. The van der Waals surface area contributed by atoms with E-state index >= 15 is 0 Å². The van der Waals surface area contributed by atoms with Gasteiger partial charge in [-0.05, 0) is 13.8 Å². The number of hydrogen-bond donors (Lipinski definition) is 0. The molecule has 0 amide bonds. The Bertz CT molecular complexity index is 530. The Balaban J connectivity index is 1.81. The number of ether oxygens (including phenoxy) is 1. The van der Waals surface area contributed by atoms with Crippen LogP contribution >= 0.6 is 11.3 Å². The summed E-state index contributed by atoms with van der Waals surface area (Å²) >= 11 is 1.71. The third kappa shape index (κ3) is 2.80. The van der Waals surface area contributed by atoms with Gasteiger partial charge in [-0.25, -0.2) is 4.98 Å². The van der Waals surface area contributed by atoms with E-state index in [2.05, 4.69) is 36.3 Å². The quantitative estimate of drug-likeness (QED) is 0.839. The smallest absolute Gasteiger partial charge is 0.186 e. The molecule has 1 aliphatic rings. The summed E-state index contributed by atoms with van der Waals surface area (Å²) in [6, 6.07) is 10.3. The van der Waals surface area contributed by atoms with E-state index in [4.69, 9.17) is 9.72 Å². The van der Waals surface area contributed by atoms with E-state index in [9.17, 15) is 0 Å². The maximum absolute atomic E-state index is 5.76. The van der Waals surface area contributed by atoms with Crippen molar-refractivity contribution >= 4 is 16.5 Å². The van der Waals surface area contributed by atoms with Gasteiger partial charge >= 0.3 is 0 Å². The summed E-state index contributed by atoms with van der Waals surface area (Å²) in [5.74, 6) is 0. The predicted molar refractivity (Wildman–Crippen MR) is 79.8 cm³/mol. The van der Waals surface area contributed by atoms with Crippen molar-refractivity contribution in [2.75, 3.05) is 18.0 Å². The van der Waals surface area contributed by atoms with Gasteiger partial charge in [0, 0.05) is 24.0 Å². The second-order valence-corrected chi connectivity index (χ2v) is 5.88. The molecule has 3 rings (SSSR count). The number of aromatic nitrogens is 1. The molecule has 3 nitrogen and oxygen atoms in total. The summed E-state index contributed by atoms with van der Waals surface area (Å²) in [6.45, 7) is 6.08. The second-order valence-electron chi connectivity index (χ2n) is 5.04. The van der Waals surface area contributed by atoms with Gasteiger partial charge in [-0.2, -0.15) is 0 Å². The molecule has 0 spiro atoms. The lowest BCUT2D eigenvalue weighted by Gasteiger charge is -2.35. The van der Waals surface area contributed by atoms with Crippen LogP contribution in [-0.2, 0) is 4.74 Å². The number of benzene rings is 1. The molecule has 2 aromatic rings. The molecule has 2 heterocycles. The van der Waals surface area contributed by atoms with Crippen LogP contribution in [0.3, 0.4) is 0 Å². The molecule has 1 fully saturated rings. The molecule has 0 unspecified atom stereocenters. The third-order valence-electron chi connectivity index (χ3n) is 3.25. The largest absolute Gasteiger partial charge is 0.372 e. The average Bonchev–Trinajstić information content (AvgIpc) is 2.88. The zero-order valence-corrected chi connectivity index (χ0v) is 12.1. The van der Waals surface area contributed by atoms with Crippen molar-refractivity contribution in [3.05, 3.63) is 35.7 Å². The van der Waals surface area contributed by atoms with Crippen molar-refractivity contribution in [1.82, 2.24) is 4.98 Å². The highest BCUT2D eigenvalue weighted by Crippen LogP contribution is 2.29. The molecule has 1 aromatic carbocycles. The lowest BCUT2D eigenvalue weighted by atomic mass is 10.2. The van der Waals surface area contributed by atoms with Crippen molar-refractivity contribution in [1.29, 1.82) is 0 Å². The van der Waals surface area contributed by atoms with Gasteiger partial charge in [-0.1, -0.05) is 30.3 Å². The van der Waals surface area contributed by atoms with Gasteiger partial charge in [-0.3, -0.25) is 0 Å². The molecule has 0 radical (unpaired) electrons. The maximum atomic E-state index is 5.76. The van der Waals surface area contributed by atoms with Gasteiger partial charge in [0.05, 0.1) is 17.9 Å². The van der Waals surface area contributed by atoms with Crippen LogP contribution in [0, 0.1) is 0 Å². The number of hydrogen-bond acceptors (Lipinski definition) is 4. The van der Waals surface area contributed by atoms with Crippen LogP contribution in [0.15, 0.2) is 35.7 Å². The fourth-order valence-corrected chi connectivity index (χ4v) is 3.34. The first-order chi connectivity index (χ1) is 9.22. The molecule has 0 aliphatic carbocycles. The topological polar surface area (TPSA) is 25.4 Å². The Kier molecular flexibility index (Phi) is 3.53. The van der Waals surface area contributed by atoms with E-state index in [0.717, 1.165) is 23.9 Å². The van der Waals surface area contributed by atoms with Crippen LogP contribution in [0.1, 0.15) is 13.8 Å². The summed E-state index contributed by atoms with van der Waals surface area (Å²) in [5, 5.41) is 3.23. The minimum atomic E-state index is 0.271. The Morgan fingerprint density at radius 3 is 2.53 bits per heavy atom. The van der Waals surface area contributed by atoms with Crippen LogP contribution in [0.25, 0.3) is 11.3 Å². The standard InChI is InChI=1S/C15H18N2OS/c1-11-8-17(9-12(2)18-11)15-16-14(10-19-15)13-6-4-3-5-7-13/h3-7,10-12H,8-9H2,1-2H3/t11-,12-/m0/s1. The summed E-state index contributed by atoms with van der Waals surface area (Å²) in [4.78, 5) is 7.09. The van der Waals surface area contributed by atoms with E-state index < -0.39 is 0 Å². The highest BCUT2D eigenvalue weighted by Gasteiger charge is 2.24. The van der Waals surface area contributed by atoms with Gasteiger partial charge < -0.3 is 9.64 Å². The van der Waals surface area contributed by atoms with Crippen molar-refractivity contribution in [3.8, 4) is 11.3 Å². The highest BCUT2D eigenvalue weighted by molar-refractivity contribution is 7.14. The fourth-order valence-electron chi connectivity index (χ4n) is 2.49. The van der Waals surface area contributed by atoms with E-state index in [0.29, 0.717) is 0 Å². The van der Waals surface area contributed by atoms with Crippen molar-refractivity contribution < 1.29 is 4.74 Å². The lowest BCUT2D eigenvalue weighted by Crippen LogP contribution is -2.45. The van der Waals surface area contributed by atoms with Crippen molar-refractivity contribution in [2.45, 2.75) is 26.1 Å². The van der Waals surface area contributed by atoms with E-state index in [-0.39, 0.29) is 12.2 Å². The van der Waals surface area contributed by atoms with Crippen LogP contribution in [0.4, 0.5) is 5.13 Å². The molecule has 2 atom stereocenters. The zero-order valence-electron chi connectivity index (χ0n) is 11.2. The van der Waals surface area contributed by atoms with Gasteiger partial charge in [0.25, 0.3) is 0 Å². The third-order valence-corrected chi connectivity index (χ3v) is 4.15. The number of rotatable bonds is 2. The monoisotopic (exact) mass is 274 g/mol. The Labute approximate surface area is 117 Å². The minimum Gasteiger partial charge on any atom is -0.372 e. The summed E-state index contributed by atoms with van der Waals surface area (Å²) in [7, 11) is 0. The first kappa shape index (κ1) is 12.6. The lowest BCUT2D eigenvalue weighted by molar-refractivity contribution is -0.00522. The summed E-state index contributed by atoms with van der Waals surface area (Å²) in [6.07, 6.45) is 0.542. The average molecular weight is 274 g/mol. The van der Waals surface area contributed by atoms with Crippen LogP contribution in [0.5, 0.6) is 0 Å². The maximum Gasteiger partial charge on any atom is 0.186 e. The van der Waals surface area contributed by atoms with Gasteiger partial charge in [0.1, 0.15) is 0 Å². The summed E-state index contributed by atoms with van der Waals surface area (Å²) < 4.78 is 5.76. The van der Waals surface area contributed by atoms with E-state index in [1.165, 1.54) is 5.56 Å². The van der Waals surface area contributed by atoms with E-state index in [1.807, 2.05) is 18.2 Å². The molecule has 1 aromatic heterocycles. The van der Waals surface area contributed by atoms with Crippen LogP contribution in [0.2, 0.25) is 0 Å². The molecular weight excluding hydrogens is 256 g/mol. The molecule has 1 saturated heterocycles. The molecule has 100 valence electrons. The van der Waals surface area contributed by atoms with Gasteiger partial charge in [0.2, 0.25) is 0 Å². The van der Waals surface area contributed by atoms with Crippen LogP contribution < -0.4 is 4.90 Å². The molecule has 1 aliphatic heterocycles. The van der Waals surface area contributed by atoms with E-state index in [1.54, 1.807) is 11.3 Å². The fraction of sp³-hybridized carbons (Fsp3) is 0.400.